The number of nitrogens with one attached hydrogen (secondary N) is 2. The van der Waals surface area contributed by atoms with Crippen molar-refractivity contribution in [2.75, 3.05) is 57.3 Å². The zero-order valence-electron chi connectivity index (χ0n) is 14.9. The molecule has 0 unspecified atom stereocenters. The molecule has 3 rings (SSSR count). The maximum Gasteiger partial charge on any atom is 0.275 e. The Morgan fingerprint density at radius 1 is 1.12 bits per heavy atom. The van der Waals surface area contributed by atoms with Crippen LogP contribution in [-0.2, 0) is 9.59 Å². The van der Waals surface area contributed by atoms with Crippen molar-refractivity contribution in [3.63, 3.8) is 0 Å². The smallest absolute Gasteiger partial charge is 0.275 e. The average Bonchev–Trinajstić information content (AvgIpc) is 3.05. The molecule has 0 atom stereocenters. The Labute approximate surface area is 149 Å². The van der Waals surface area contributed by atoms with Crippen molar-refractivity contribution in [3.8, 4) is 0 Å². The standard InChI is InChI=1S/C19H28N4O2/c24-18(20-9-5-11-23-10-4-8-19(23)25)16-21-12-14-22(15-13-21)17-6-2-1-3-7-17/h1-3,6-7H,4-5,8-16H2,(H,20,24)/p+1. The van der Waals surface area contributed by atoms with E-state index in [2.05, 4.69) is 34.5 Å². The van der Waals surface area contributed by atoms with Crippen molar-refractivity contribution in [1.29, 1.82) is 0 Å². The van der Waals surface area contributed by atoms with E-state index in [1.807, 2.05) is 11.0 Å². The SMILES string of the molecule is O=C(C[NH+]1CCN(c2ccccc2)CC1)NCCCN1CCCC1=O. The van der Waals surface area contributed by atoms with Crippen LogP contribution in [0.3, 0.4) is 0 Å². The number of hydrogen-bond donors (Lipinski definition) is 2. The first kappa shape index (κ1) is 17.7. The molecule has 2 heterocycles. The van der Waals surface area contributed by atoms with E-state index in [0.717, 1.165) is 52.1 Å². The summed E-state index contributed by atoms with van der Waals surface area (Å²) in [7, 11) is 0. The maximum absolute atomic E-state index is 12.1. The summed E-state index contributed by atoms with van der Waals surface area (Å²) in [6.07, 6.45) is 2.50. The third-order valence-corrected chi connectivity index (χ3v) is 5.10. The van der Waals surface area contributed by atoms with Crippen LogP contribution in [0.2, 0.25) is 0 Å². The van der Waals surface area contributed by atoms with E-state index >= 15 is 0 Å². The van der Waals surface area contributed by atoms with Gasteiger partial charge in [0.1, 0.15) is 0 Å². The van der Waals surface area contributed by atoms with Gasteiger partial charge in [0.05, 0.1) is 26.2 Å². The molecular formula is C19H29N4O2+. The van der Waals surface area contributed by atoms with Crippen molar-refractivity contribution in [3.05, 3.63) is 30.3 Å². The second-order valence-corrected chi connectivity index (χ2v) is 6.94. The van der Waals surface area contributed by atoms with Crippen LogP contribution in [-0.4, -0.2) is 69.1 Å². The summed E-state index contributed by atoms with van der Waals surface area (Å²) in [6.45, 7) is 6.81. The number of nitrogens with zero attached hydrogens (tertiary/aromatic N) is 2. The summed E-state index contributed by atoms with van der Waals surface area (Å²) in [6, 6.07) is 10.5. The molecule has 0 radical (unpaired) electrons. The second kappa shape index (κ2) is 8.85. The Hall–Kier alpha value is -2.08. The lowest BCUT2D eigenvalue weighted by Gasteiger charge is -2.33. The van der Waals surface area contributed by atoms with Gasteiger partial charge in [-0.3, -0.25) is 9.59 Å². The van der Waals surface area contributed by atoms with Gasteiger partial charge in [0.2, 0.25) is 5.91 Å². The molecule has 1 aromatic carbocycles. The number of quaternary nitrogens is 1. The van der Waals surface area contributed by atoms with Gasteiger partial charge in [-0.1, -0.05) is 18.2 Å². The number of rotatable bonds is 7. The van der Waals surface area contributed by atoms with Crippen LogP contribution >= 0.6 is 0 Å². The summed E-state index contributed by atoms with van der Waals surface area (Å²) in [5.74, 6) is 0.378. The first-order valence-electron chi connectivity index (χ1n) is 9.40. The molecule has 25 heavy (non-hydrogen) atoms. The molecule has 2 saturated heterocycles. The predicted molar refractivity (Wildman–Crippen MR) is 97.7 cm³/mol. The highest BCUT2D eigenvalue weighted by molar-refractivity contribution is 5.78. The highest BCUT2D eigenvalue weighted by Gasteiger charge is 2.22. The van der Waals surface area contributed by atoms with Gasteiger partial charge in [0.15, 0.2) is 6.54 Å². The molecule has 2 aliphatic heterocycles. The monoisotopic (exact) mass is 345 g/mol. The first-order chi connectivity index (χ1) is 12.2. The molecule has 2 fully saturated rings. The number of benzene rings is 1. The van der Waals surface area contributed by atoms with E-state index in [1.165, 1.54) is 10.6 Å². The van der Waals surface area contributed by atoms with Gasteiger partial charge in [0, 0.05) is 31.7 Å². The quantitative estimate of drug-likeness (QED) is 0.657. The van der Waals surface area contributed by atoms with Crippen molar-refractivity contribution in [1.82, 2.24) is 10.2 Å². The topological polar surface area (TPSA) is 57.1 Å². The van der Waals surface area contributed by atoms with Gasteiger partial charge in [-0.25, -0.2) is 0 Å². The molecule has 0 spiro atoms. The normalized spacial score (nSPS) is 18.6. The van der Waals surface area contributed by atoms with Crippen LogP contribution in [0.25, 0.3) is 0 Å². The van der Waals surface area contributed by atoms with Gasteiger partial charge in [-0.2, -0.15) is 0 Å². The molecule has 2 aliphatic rings. The summed E-state index contributed by atoms with van der Waals surface area (Å²) in [5.41, 5.74) is 1.27. The van der Waals surface area contributed by atoms with Crippen molar-refractivity contribution in [2.45, 2.75) is 19.3 Å². The zero-order chi connectivity index (χ0) is 17.5. The molecule has 2 N–H and O–H groups in total. The number of likely N-dealkylation sites (tertiary alicyclic amines) is 1. The molecule has 2 amide bonds. The molecule has 6 heteroatoms. The predicted octanol–water partition coefficient (Wildman–Crippen LogP) is -0.480. The number of carbonyl (C=O) groups excluding carboxylic acids is 2. The van der Waals surface area contributed by atoms with E-state index in [0.29, 0.717) is 19.5 Å². The minimum atomic E-state index is 0.121. The first-order valence-corrected chi connectivity index (χ1v) is 9.40. The van der Waals surface area contributed by atoms with Gasteiger partial charge < -0.3 is 20.0 Å². The van der Waals surface area contributed by atoms with Crippen LogP contribution in [0.5, 0.6) is 0 Å². The van der Waals surface area contributed by atoms with Crippen molar-refractivity contribution < 1.29 is 14.5 Å². The molecule has 6 nitrogen and oxygen atoms in total. The van der Waals surface area contributed by atoms with Gasteiger partial charge in [-0.05, 0) is 25.0 Å². The van der Waals surface area contributed by atoms with E-state index in [4.69, 9.17) is 0 Å². The van der Waals surface area contributed by atoms with Crippen molar-refractivity contribution >= 4 is 17.5 Å². The molecule has 0 aromatic heterocycles. The number of carbonyl (C=O) groups is 2. The molecule has 0 bridgehead atoms. The summed E-state index contributed by atoms with van der Waals surface area (Å²) in [5, 5.41) is 3.00. The van der Waals surface area contributed by atoms with Crippen LogP contribution in [0.4, 0.5) is 5.69 Å². The fraction of sp³-hybridized carbons (Fsp3) is 0.579. The Bertz CT molecular complexity index is 570. The second-order valence-electron chi connectivity index (χ2n) is 6.94. The minimum absolute atomic E-state index is 0.121. The third kappa shape index (κ3) is 5.19. The van der Waals surface area contributed by atoms with E-state index in [1.54, 1.807) is 0 Å². The summed E-state index contributed by atoms with van der Waals surface area (Å²) >= 11 is 0. The maximum atomic E-state index is 12.1. The minimum Gasteiger partial charge on any atom is -0.360 e. The Kier molecular flexibility index (Phi) is 6.28. The molecular weight excluding hydrogens is 316 g/mol. The largest absolute Gasteiger partial charge is 0.360 e. The summed E-state index contributed by atoms with van der Waals surface area (Å²) in [4.78, 5) is 29.3. The van der Waals surface area contributed by atoms with Gasteiger partial charge >= 0.3 is 0 Å². The van der Waals surface area contributed by atoms with E-state index in [9.17, 15) is 9.59 Å². The number of hydrogen-bond acceptors (Lipinski definition) is 3. The number of amides is 2. The van der Waals surface area contributed by atoms with Gasteiger partial charge in [0.25, 0.3) is 5.91 Å². The fourth-order valence-electron chi connectivity index (χ4n) is 3.62. The van der Waals surface area contributed by atoms with Crippen LogP contribution < -0.4 is 15.1 Å². The Morgan fingerprint density at radius 2 is 1.88 bits per heavy atom. The Balaban J connectivity index is 1.29. The van der Waals surface area contributed by atoms with Crippen LogP contribution in [0.1, 0.15) is 19.3 Å². The lowest BCUT2D eigenvalue weighted by molar-refractivity contribution is -0.892. The molecule has 1 aromatic rings. The fourth-order valence-corrected chi connectivity index (χ4v) is 3.62. The average molecular weight is 345 g/mol. The molecule has 136 valence electrons. The summed E-state index contributed by atoms with van der Waals surface area (Å²) < 4.78 is 0. The number of para-hydroxylation sites is 1. The highest BCUT2D eigenvalue weighted by Crippen LogP contribution is 2.12. The van der Waals surface area contributed by atoms with Gasteiger partial charge in [-0.15, -0.1) is 0 Å². The van der Waals surface area contributed by atoms with Crippen LogP contribution in [0, 0.1) is 0 Å². The van der Waals surface area contributed by atoms with E-state index < -0.39 is 0 Å². The molecule has 0 saturated carbocycles. The molecule has 0 aliphatic carbocycles. The highest BCUT2D eigenvalue weighted by atomic mass is 16.2. The number of anilines is 1. The zero-order valence-corrected chi connectivity index (χ0v) is 14.9. The number of piperazine rings is 1. The van der Waals surface area contributed by atoms with Crippen molar-refractivity contribution in [2.24, 2.45) is 0 Å². The Morgan fingerprint density at radius 3 is 2.56 bits per heavy atom. The lowest BCUT2D eigenvalue weighted by atomic mass is 10.2. The van der Waals surface area contributed by atoms with Crippen LogP contribution in [0.15, 0.2) is 30.3 Å². The lowest BCUT2D eigenvalue weighted by Crippen LogP contribution is -3.15. The third-order valence-electron chi connectivity index (χ3n) is 5.10. The van der Waals surface area contributed by atoms with E-state index in [-0.39, 0.29) is 11.8 Å².